The van der Waals surface area contributed by atoms with Crippen molar-refractivity contribution in [2.75, 3.05) is 0 Å². The lowest BCUT2D eigenvalue weighted by Crippen LogP contribution is -2.22. The van der Waals surface area contributed by atoms with E-state index in [0.29, 0.717) is 23.7 Å². The van der Waals surface area contributed by atoms with Crippen LogP contribution >= 0.6 is 11.6 Å². The highest BCUT2D eigenvalue weighted by molar-refractivity contribution is 6.30. The molecule has 24 heavy (non-hydrogen) atoms. The summed E-state index contributed by atoms with van der Waals surface area (Å²) in [6.07, 6.45) is 3.36. The monoisotopic (exact) mass is 343 g/mol. The molecule has 2 aromatic carbocycles. The molecule has 0 bridgehead atoms. The van der Waals surface area contributed by atoms with Gasteiger partial charge in [0.25, 0.3) is 5.91 Å². The van der Waals surface area contributed by atoms with Gasteiger partial charge in [-0.15, -0.1) is 0 Å². The number of benzene rings is 2. The summed E-state index contributed by atoms with van der Waals surface area (Å²) >= 11 is 5.84. The molecule has 0 atom stereocenters. The second-order valence-corrected chi connectivity index (χ2v) is 5.80. The number of carbonyl (C=O) groups excluding carboxylic acids is 1. The first-order valence-electron chi connectivity index (χ1n) is 7.40. The molecule has 6 heteroatoms. The quantitative estimate of drug-likeness (QED) is 0.768. The average molecular weight is 344 g/mol. The van der Waals surface area contributed by atoms with Gasteiger partial charge in [0, 0.05) is 18.3 Å². The number of amides is 1. The molecule has 0 unspecified atom stereocenters. The van der Waals surface area contributed by atoms with Crippen LogP contribution < -0.4 is 5.32 Å². The molecule has 3 rings (SSSR count). The van der Waals surface area contributed by atoms with Gasteiger partial charge in [-0.25, -0.2) is 4.39 Å². The molecule has 1 aromatic heterocycles. The van der Waals surface area contributed by atoms with Crippen molar-refractivity contribution in [3.8, 4) is 0 Å². The van der Waals surface area contributed by atoms with Gasteiger partial charge in [0.05, 0.1) is 17.8 Å². The first-order valence-corrected chi connectivity index (χ1v) is 7.77. The Hall–Kier alpha value is -2.66. The highest BCUT2D eigenvalue weighted by Gasteiger charge is 2.05. The van der Waals surface area contributed by atoms with Crippen molar-refractivity contribution < 1.29 is 9.18 Å². The zero-order chi connectivity index (χ0) is 16.9. The van der Waals surface area contributed by atoms with Gasteiger partial charge >= 0.3 is 0 Å². The molecule has 1 N–H and O–H groups in total. The van der Waals surface area contributed by atoms with Gasteiger partial charge in [-0.3, -0.25) is 9.48 Å². The molecule has 0 saturated carbocycles. The molecule has 1 amide bonds. The molecule has 0 aliphatic heterocycles. The summed E-state index contributed by atoms with van der Waals surface area (Å²) in [4.78, 5) is 12.0. The number of halogens is 2. The van der Waals surface area contributed by atoms with Crippen LogP contribution in [0.4, 0.5) is 4.39 Å². The molecule has 0 aliphatic carbocycles. The van der Waals surface area contributed by atoms with Gasteiger partial charge < -0.3 is 5.32 Å². The third-order valence-corrected chi connectivity index (χ3v) is 3.72. The Labute approximate surface area is 143 Å². The van der Waals surface area contributed by atoms with Crippen molar-refractivity contribution in [1.82, 2.24) is 15.1 Å². The van der Waals surface area contributed by atoms with Crippen LogP contribution in [0.5, 0.6) is 0 Å². The van der Waals surface area contributed by atoms with E-state index in [1.165, 1.54) is 24.3 Å². The minimum absolute atomic E-state index is 0.231. The fourth-order valence-corrected chi connectivity index (χ4v) is 2.42. The molecule has 122 valence electrons. The number of carbonyl (C=O) groups is 1. The highest BCUT2D eigenvalue weighted by atomic mass is 35.5. The number of hydrogen-bond acceptors (Lipinski definition) is 2. The van der Waals surface area contributed by atoms with Gasteiger partial charge in [0.15, 0.2) is 0 Å². The first-order chi connectivity index (χ1) is 11.6. The lowest BCUT2D eigenvalue weighted by atomic mass is 10.1. The maximum absolute atomic E-state index is 12.9. The van der Waals surface area contributed by atoms with Gasteiger partial charge in [0.2, 0.25) is 0 Å². The highest BCUT2D eigenvalue weighted by Crippen LogP contribution is 2.10. The fraction of sp³-hybridized carbons (Fsp3) is 0.111. The van der Waals surface area contributed by atoms with Crippen LogP contribution in [-0.2, 0) is 13.1 Å². The predicted octanol–water partition coefficient (Wildman–Crippen LogP) is 3.65. The summed E-state index contributed by atoms with van der Waals surface area (Å²) in [7, 11) is 0. The van der Waals surface area contributed by atoms with Crippen LogP contribution in [0.3, 0.4) is 0 Å². The van der Waals surface area contributed by atoms with E-state index in [-0.39, 0.29) is 11.7 Å². The predicted molar refractivity (Wildman–Crippen MR) is 90.4 cm³/mol. The normalized spacial score (nSPS) is 10.6. The van der Waals surface area contributed by atoms with Crippen LogP contribution in [-0.4, -0.2) is 15.7 Å². The van der Waals surface area contributed by atoms with E-state index in [4.69, 9.17) is 11.6 Å². The summed E-state index contributed by atoms with van der Waals surface area (Å²) in [6.45, 7) is 1.04. The average Bonchev–Trinajstić information content (AvgIpc) is 2.99. The van der Waals surface area contributed by atoms with E-state index in [0.717, 1.165) is 11.1 Å². The molecular weight excluding hydrogens is 329 g/mol. The topological polar surface area (TPSA) is 46.9 Å². The van der Waals surface area contributed by atoms with E-state index in [1.54, 1.807) is 17.1 Å². The van der Waals surface area contributed by atoms with Crippen LogP contribution in [0.2, 0.25) is 5.02 Å². The summed E-state index contributed by atoms with van der Waals surface area (Å²) in [5, 5.41) is 7.55. The second kappa shape index (κ2) is 7.27. The molecule has 3 aromatic rings. The number of aromatic nitrogens is 2. The van der Waals surface area contributed by atoms with Crippen molar-refractivity contribution >= 4 is 17.5 Å². The van der Waals surface area contributed by atoms with Crippen LogP contribution in [0.1, 0.15) is 21.5 Å². The Bertz CT molecular complexity index is 828. The Morgan fingerprint density at radius 3 is 2.38 bits per heavy atom. The third-order valence-electron chi connectivity index (χ3n) is 3.53. The number of rotatable bonds is 5. The van der Waals surface area contributed by atoms with E-state index >= 15 is 0 Å². The van der Waals surface area contributed by atoms with Gasteiger partial charge in [-0.05, 0) is 35.4 Å². The van der Waals surface area contributed by atoms with Crippen LogP contribution in [0.25, 0.3) is 0 Å². The van der Waals surface area contributed by atoms with Crippen molar-refractivity contribution in [3.63, 3.8) is 0 Å². The van der Waals surface area contributed by atoms with Crippen molar-refractivity contribution in [1.29, 1.82) is 0 Å². The van der Waals surface area contributed by atoms with Crippen LogP contribution in [0.15, 0.2) is 60.9 Å². The minimum Gasteiger partial charge on any atom is -0.348 e. The Kier molecular flexibility index (Phi) is 4.91. The largest absolute Gasteiger partial charge is 0.348 e. The number of hydrogen-bond donors (Lipinski definition) is 1. The standard InChI is InChI=1S/C18H15ClFN3O/c19-16-10-22-23(12-16)11-14-3-1-13(2-4-14)9-21-18(24)15-5-7-17(20)8-6-15/h1-8,10,12H,9,11H2,(H,21,24). The maximum atomic E-state index is 12.9. The summed E-state index contributed by atoms with van der Waals surface area (Å²) < 4.78 is 14.6. The molecule has 0 saturated heterocycles. The first kappa shape index (κ1) is 16.2. The SMILES string of the molecule is O=C(NCc1ccc(Cn2cc(Cl)cn2)cc1)c1ccc(F)cc1. The van der Waals surface area contributed by atoms with E-state index < -0.39 is 0 Å². The Morgan fingerprint density at radius 1 is 1.08 bits per heavy atom. The lowest BCUT2D eigenvalue weighted by Gasteiger charge is -2.07. The molecule has 0 radical (unpaired) electrons. The van der Waals surface area contributed by atoms with E-state index in [1.807, 2.05) is 24.3 Å². The third kappa shape index (κ3) is 4.20. The minimum atomic E-state index is -0.361. The maximum Gasteiger partial charge on any atom is 0.251 e. The van der Waals surface area contributed by atoms with E-state index in [2.05, 4.69) is 10.4 Å². The molecule has 4 nitrogen and oxygen atoms in total. The van der Waals surface area contributed by atoms with Gasteiger partial charge in [-0.1, -0.05) is 35.9 Å². The number of nitrogens with one attached hydrogen (secondary N) is 1. The summed E-state index contributed by atoms with van der Waals surface area (Å²) in [6, 6.07) is 13.3. The summed E-state index contributed by atoms with van der Waals surface area (Å²) in [5.41, 5.74) is 2.50. The van der Waals surface area contributed by atoms with Crippen molar-refractivity contribution in [2.24, 2.45) is 0 Å². The molecular formula is C18H15ClFN3O. The van der Waals surface area contributed by atoms with Gasteiger partial charge in [-0.2, -0.15) is 5.10 Å². The Balaban J connectivity index is 1.56. The lowest BCUT2D eigenvalue weighted by molar-refractivity contribution is 0.0951. The van der Waals surface area contributed by atoms with E-state index in [9.17, 15) is 9.18 Å². The smallest absolute Gasteiger partial charge is 0.251 e. The Morgan fingerprint density at radius 2 is 1.75 bits per heavy atom. The zero-order valence-corrected chi connectivity index (χ0v) is 13.5. The zero-order valence-electron chi connectivity index (χ0n) is 12.7. The van der Waals surface area contributed by atoms with Crippen LogP contribution in [0, 0.1) is 5.82 Å². The van der Waals surface area contributed by atoms with Crippen molar-refractivity contribution in [3.05, 3.63) is 88.5 Å². The molecule has 0 fully saturated rings. The number of nitrogens with zero attached hydrogens (tertiary/aromatic N) is 2. The summed E-state index contributed by atoms with van der Waals surface area (Å²) in [5.74, 6) is -0.592. The molecule has 0 aliphatic rings. The van der Waals surface area contributed by atoms with Crippen molar-refractivity contribution in [2.45, 2.75) is 13.1 Å². The molecule has 0 spiro atoms. The van der Waals surface area contributed by atoms with Gasteiger partial charge in [0.1, 0.15) is 5.82 Å². The molecule has 1 heterocycles. The second-order valence-electron chi connectivity index (χ2n) is 5.36. The fourth-order valence-electron chi connectivity index (χ4n) is 2.26.